The predicted molar refractivity (Wildman–Crippen MR) is 106 cm³/mol. The summed E-state index contributed by atoms with van der Waals surface area (Å²) in [5, 5.41) is 14.6. The summed E-state index contributed by atoms with van der Waals surface area (Å²) in [7, 11) is 1.67. The molecule has 0 aliphatic heterocycles. The number of nitrogens with one attached hydrogen (secondary N) is 3. The average molecular weight is 359 g/mol. The lowest BCUT2D eigenvalue weighted by Crippen LogP contribution is -2.21. The highest BCUT2D eigenvalue weighted by molar-refractivity contribution is 6.34. The van der Waals surface area contributed by atoms with Gasteiger partial charge in [-0.3, -0.25) is 0 Å². The van der Waals surface area contributed by atoms with Gasteiger partial charge in [-0.05, 0) is 29.8 Å². The number of anilines is 1. The third kappa shape index (κ3) is 5.52. The number of methoxy groups -OCH3 is 1. The molecule has 0 aliphatic rings. The Morgan fingerprint density at radius 1 is 1.24 bits per heavy atom. The molecule has 0 heterocycles. The molecule has 0 atom stereocenters. The molecule has 0 aromatic heterocycles. The lowest BCUT2D eigenvalue weighted by molar-refractivity contribution is 0.414. The Morgan fingerprint density at radius 2 is 2.08 bits per heavy atom. The van der Waals surface area contributed by atoms with Crippen LogP contribution >= 0.6 is 11.6 Å². The minimum Gasteiger partial charge on any atom is -0.497 e. The Kier molecular flexibility index (Phi) is 7.32. The number of hydrogen-bond acceptors (Lipinski definition) is 5. The Morgan fingerprint density at radius 3 is 2.76 bits per heavy atom. The Bertz CT molecular complexity index is 746. The topological polar surface area (TPSA) is 83.2 Å². The van der Waals surface area contributed by atoms with Crippen molar-refractivity contribution in [2.24, 2.45) is 5.73 Å². The molecule has 2 rings (SSSR count). The fraction of sp³-hybridized carbons (Fsp3) is 0.211. The van der Waals surface area contributed by atoms with Crippen molar-refractivity contribution in [2.75, 3.05) is 25.5 Å². The molecule has 0 aliphatic carbocycles. The van der Waals surface area contributed by atoms with E-state index in [0.29, 0.717) is 10.6 Å². The maximum Gasteiger partial charge on any atom is 0.119 e. The predicted octanol–water partition coefficient (Wildman–Crippen LogP) is 3.50. The third-order valence-electron chi connectivity index (χ3n) is 3.71. The van der Waals surface area contributed by atoms with E-state index < -0.39 is 0 Å². The lowest BCUT2D eigenvalue weighted by atomic mass is 10.1. The van der Waals surface area contributed by atoms with Crippen LogP contribution in [0.5, 0.6) is 5.75 Å². The van der Waals surface area contributed by atoms with E-state index in [1.165, 1.54) is 18.0 Å². The Labute approximate surface area is 153 Å². The smallest absolute Gasteiger partial charge is 0.119 e. The van der Waals surface area contributed by atoms with E-state index in [0.717, 1.165) is 36.6 Å². The van der Waals surface area contributed by atoms with Crippen molar-refractivity contribution >= 4 is 29.1 Å². The van der Waals surface area contributed by atoms with Crippen LogP contribution in [0.15, 0.2) is 48.7 Å². The molecule has 0 unspecified atom stereocenters. The first-order valence-corrected chi connectivity index (χ1v) is 8.35. The average Bonchev–Trinajstić information content (AvgIpc) is 2.64. The largest absolute Gasteiger partial charge is 0.497 e. The summed E-state index contributed by atoms with van der Waals surface area (Å²) in [4.78, 5) is 0. The number of benzene rings is 2. The van der Waals surface area contributed by atoms with Gasteiger partial charge in [0.2, 0.25) is 0 Å². The van der Waals surface area contributed by atoms with Gasteiger partial charge < -0.3 is 26.5 Å². The van der Waals surface area contributed by atoms with Crippen LogP contribution in [0.2, 0.25) is 5.02 Å². The molecule has 5 nitrogen and oxygen atoms in total. The first-order chi connectivity index (χ1) is 12.2. The molecule has 2 aromatic rings. The molecular formula is C19H23ClN4O. The van der Waals surface area contributed by atoms with Crippen molar-refractivity contribution in [2.45, 2.75) is 6.54 Å². The van der Waals surface area contributed by atoms with Crippen LogP contribution in [0.3, 0.4) is 0 Å². The van der Waals surface area contributed by atoms with Crippen LogP contribution in [-0.4, -0.2) is 26.4 Å². The SMILES string of the molecule is COc1cccc(CNCCNc2ccc(/C(C=N)=C/N)c(Cl)c2)c1. The van der Waals surface area contributed by atoms with Gasteiger partial charge in [0.05, 0.1) is 12.1 Å². The van der Waals surface area contributed by atoms with E-state index in [1.54, 1.807) is 7.11 Å². The zero-order chi connectivity index (χ0) is 18.1. The monoisotopic (exact) mass is 358 g/mol. The second kappa shape index (κ2) is 9.71. The van der Waals surface area contributed by atoms with Gasteiger partial charge in [0.1, 0.15) is 5.75 Å². The van der Waals surface area contributed by atoms with Crippen molar-refractivity contribution in [3.63, 3.8) is 0 Å². The summed E-state index contributed by atoms with van der Waals surface area (Å²) in [6.07, 6.45) is 2.57. The Hall–Kier alpha value is -2.50. The van der Waals surface area contributed by atoms with Crippen LogP contribution in [0, 0.1) is 5.41 Å². The van der Waals surface area contributed by atoms with Crippen LogP contribution < -0.4 is 21.1 Å². The zero-order valence-corrected chi connectivity index (χ0v) is 14.9. The normalized spacial score (nSPS) is 11.2. The van der Waals surface area contributed by atoms with E-state index in [-0.39, 0.29) is 0 Å². The van der Waals surface area contributed by atoms with Crippen LogP contribution in [0.4, 0.5) is 5.69 Å². The highest BCUT2D eigenvalue weighted by Gasteiger charge is 2.05. The summed E-state index contributed by atoms with van der Waals surface area (Å²) >= 11 is 6.26. The molecule has 0 bridgehead atoms. The molecule has 0 saturated carbocycles. The number of rotatable bonds is 9. The lowest BCUT2D eigenvalue weighted by Gasteiger charge is -2.11. The molecule has 5 N–H and O–H groups in total. The highest BCUT2D eigenvalue weighted by atomic mass is 35.5. The molecule has 0 fully saturated rings. The number of nitrogens with two attached hydrogens (primary N) is 1. The molecule has 132 valence electrons. The van der Waals surface area contributed by atoms with Gasteiger partial charge in [-0.2, -0.15) is 0 Å². The Balaban J connectivity index is 1.80. The summed E-state index contributed by atoms with van der Waals surface area (Å²) in [5.41, 5.74) is 8.95. The van der Waals surface area contributed by atoms with Crippen LogP contribution in [0.1, 0.15) is 11.1 Å². The molecule has 0 amide bonds. The maximum atomic E-state index is 7.34. The quantitative estimate of drug-likeness (QED) is 0.408. The van der Waals surface area contributed by atoms with E-state index in [1.807, 2.05) is 36.4 Å². The van der Waals surface area contributed by atoms with Crippen molar-refractivity contribution in [1.82, 2.24) is 5.32 Å². The van der Waals surface area contributed by atoms with Gasteiger partial charge in [-0.1, -0.05) is 29.8 Å². The number of hydrogen-bond donors (Lipinski definition) is 4. The van der Waals surface area contributed by atoms with Crippen molar-refractivity contribution in [3.8, 4) is 5.75 Å². The summed E-state index contributed by atoms with van der Waals surface area (Å²) in [6.45, 7) is 2.36. The summed E-state index contributed by atoms with van der Waals surface area (Å²) in [5.74, 6) is 0.864. The van der Waals surface area contributed by atoms with Gasteiger partial charge in [0.15, 0.2) is 0 Å². The summed E-state index contributed by atoms with van der Waals surface area (Å²) < 4.78 is 5.22. The molecule has 2 aromatic carbocycles. The minimum absolute atomic E-state index is 0.564. The van der Waals surface area contributed by atoms with Crippen molar-refractivity contribution < 1.29 is 4.74 Å². The molecule has 25 heavy (non-hydrogen) atoms. The fourth-order valence-corrected chi connectivity index (χ4v) is 2.67. The molecule has 0 saturated heterocycles. The van der Waals surface area contributed by atoms with Crippen LogP contribution in [0.25, 0.3) is 5.57 Å². The minimum atomic E-state index is 0.564. The molecular weight excluding hydrogens is 336 g/mol. The summed E-state index contributed by atoms with van der Waals surface area (Å²) in [6, 6.07) is 13.6. The molecule has 0 spiro atoms. The number of halogens is 1. The first-order valence-electron chi connectivity index (χ1n) is 7.97. The molecule has 6 heteroatoms. The van der Waals surface area contributed by atoms with Gasteiger partial charge in [-0.25, -0.2) is 0 Å². The highest BCUT2D eigenvalue weighted by Crippen LogP contribution is 2.25. The van der Waals surface area contributed by atoms with Crippen molar-refractivity contribution in [3.05, 3.63) is 64.8 Å². The van der Waals surface area contributed by atoms with E-state index >= 15 is 0 Å². The van der Waals surface area contributed by atoms with E-state index in [9.17, 15) is 0 Å². The second-order valence-electron chi connectivity index (χ2n) is 5.42. The van der Waals surface area contributed by atoms with Gasteiger partial charge in [0, 0.05) is 48.9 Å². The third-order valence-corrected chi connectivity index (χ3v) is 4.02. The van der Waals surface area contributed by atoms with Gasteiger partial charge in [-0.15, -0.1) is 0 Å². The standard InChI is InChI=1S/C19H23ClN4O/c1-25-17-4-2-3-14(9-17)13-23-7-8-24-16-5-6-18(19(20)10-16)15(11-21)12-22/h2-6,9-12,21,23-24H,7-8,13,22H2,1H3/b15-12+,21-11?. The number of allylic oxidation sites excluding steroid dienone is 1. The van der Waals surface area contributed by atoms with E-state index in [4.69, 9.17) is 27.5 Å². The van der Waals surface area contributed by atoms with Gasteiger partial charge in [0.25, 0.3) is 0 Å². The fourth-order valence-electron chi connectivity index (χ4n) is 2.39. The maximum absolute atomic E-state index is 7.34. The number of ether oxygens (including phenoxy) is 1. The zero-order valence-electron chi connectivity index (χ0n) is 14.2. The second-order valence-corrected chi connectivity index (χ2v) is 5.82. The van der Waals surface area contributed by atoms with Gasteiger partial charge >= 0.3 is 0 Å². The van der Waals surface area contributed by atoms with Crippen molar-refractivity contribution in [1.29, 1.82) is 5.41 Å². The molecule has 0 radical (unpaired) electrons. The van der Waals surface area contributed by atoms with E-state index in [2.05, 4.69) is 16.7 Å². The first kappa shape index (κ1) is 18.8. The van der Waals surface area contributed by atoms with Crippen LogP contribution in [-0.2, 0) is 6.54 Å².